The molecule has 152 valence electrons. The second kappa shape index (κ2) is 7.74. The van der Waals surface area contributed by atoms with Gasteiger partial charge in [0.05, 0.1) is 27.8 Å². The summed E-state index contributed by atoms with van der Waals surface area (Å²) in [4.78, 5) is 0. The number of hydrogen-bond acceptors (Lipinski definition) is 1. The van der Waals surface area contributed by atoms with Gasteiger partial charge in [0.2, 0.25) is 0 Å². The number of halogens is 2. The highest BCUT2D eigenvalue weighted by molar-refractivity contribution is 6.38. The molecule has 0 amide bonds. The van der Waals surface area contributed by atoms with Gasteiger partial charge in [0.25, 0.3) is 0 Å². The molecule has 0 aliphatic carbocycles. The SMILES string of the molecule is C#CCn1cc(Cc2c(O)n(-c3c(Cl)cccc3Cl)c3ccccc23)c2ccccc21. The van der Waals surface area contributed by atoms with E-state index in [1.165, 1.54) is 0 Å². The lowest BCUT2D eigenvalue weighted by Gasteiger charge is -2.11. The molecule has 0 aliphatic rings. The van der Waals surface area contributed by atoms with Crippen LogP contribution in [0.2, 0.25) is 10.0 Å². The summed E-state index contributed by atoms with van der Waals surface area (Å²) in [5, 5.41) is 14.4. The number of rotatable bonds is 4. The van der Waals surface area contributed by atoms with E-state index in [1.807, 2.05) is 36.4 Å². The summed E-state index contributed by atoms with van der Waals surface area (Å²) in [6.45, 7) is 0.490. The highest BCUT2D eigenvalue weighted by Gasteiger charge is 2.22. The van der Waals surface area contributed by atoms with Gasteiger partial charge in [0, 0.05) is 34.5 Å². The molecule has 5 rings (SSSR count). The molecule has 2 aromatic heterocycles. The Morgan fingerprint density at radius 1 is 0.839 bits per heavy atom. The predicted octanol–water partition coefficient (Wildman–Crippen LogP) is 6.82. The van der Waals surface area contributed by atoms with Gasteiger partial charge in [0.15, 0.2) is 5.88 Å². The Hall–Kier alpha value is -3.32. The fourth-order valence-electron chi connectivity index (χ4n) is 4.28. The third-order valence-corrected chi connectivity index (χ3v) is 6.22. The van der Waals surface area contributed by atoms with E-state index in [0.29, 0.717) is 28.7 Å². The van der Waals surface area contributed by atoms with Crippen molar-refractivity contribution in [2.45, 2.75) is 13.0 Å². The fraction of sp³-hybridized carbons (Fsp3) is 0.0769. The average molecular weight is 445 g/mol. The summed E-state index contributed by atoms with van der Waals surface area (Å²) in [5.41, 5.74) is 4.40. The van der Waals surface area contributed by atoms with Crippen molar-refractivity contribution in [2.75, 3.05) is 0 Å². The molecule has 5 heteroatoms. The van der Waals surface area contributed by atoms with Crippen LogP contribution in [-0.4, -0.2) is 14.2 Å². The summed E-state index contributed by atoms with van der Waals surface area (Å²) in [7, 11) is 0. The number of benzene rings is 3. The van der Waals surface area contributed by atoms with Crippen LogP contribution < -0.4 is 0 Å². The van der Waals surface area contributed by atoms with Crippen molar-refractivity contribution >= 4 is 45.0 Å². The number of fused-ring (bicyclic) bond motifs is 2. The molecular weight excluding hydrogens is 427 g/mol. The number of aromatic hydroxyl groups is 1. The van der Waals surface area contributed by atoms with Gasteiger partial charge < -0.3 is 9.67 Å². The Labute approximate surface area is 190 Å². The van der Waals surface area contributed by atoms with Gasteiger partial charge in [-0.05, 0) is 29.8 Å². The maximum absolute atomic E-state index is 11.4. The summed E-state index contributed by atoms with van der Waals surface area (Å²) in [5.74, 6) is 2.84. The smallest absolute Gasteiger partial charge is 0.200 e. The van der Waals surface area contributed by atoms with Crippen molar-refractivity contribution in [3.63, 3.8) is 0 Å². The minimum Gasteiger partial charge on any atom is -0.494 e. The van der Waals surface area contributed by atoms with Crippen LogP contribution in [0.1, 0.15) is 11.1 Å². The van der Waals surface area contributed by atoms with E-state index >= 15 is 0 Å². The Morgan fingerprint density at radius 3 is 2.19 bits per heavy atom. The zero-order chi connectivity index (χ0) is 21.5. The molecule has 0 radical (unpaired) electrons. The molecule has 0 bridgehead atoms. The summed E-state index contributed by atoms with van der Waals surface area (Å²) in [6.07, 6.45) is 8.18. The topological polar surface area (TPSA) is 30.1 Å². The minimum atomic E-state index is 0.130. The Balaban J connectivity index is 1.74. The second-order valence-electron chi connectivity index (χ2n) is 7.41. The van der Waals surface area contributed by atoms with E-state index < -0.39 is 0 Å². The maximum Gasteiger partial charge on any atom is 0.200 e. The molecule has 0 saturated carbocycles. The third-order valence-electron chi connectivity index (χ3n) is 5.61. The number of terminal acetylenes is 1. The zero-order valence-corrected chi connectivity index (χ0v) is 18.0. The minimum absolute atomic E-state index is 0.130. The molecule has 0 fully saturated rings. The molecule has 0 aliphatic heterocycles. The first-order chi connectivity index (χ1) is 15.1. The monoisotopic (exact) mass is 444 g/mol. The standard InChI is InChI=1S/C26H18Cl2N2O/c1-2-14-29-16-17(18-8-3-5-12-23(18)29)15-20-19-9-4-6-13-24(19)30(26(20)31)25-21(27)10-7-11-22(25)28/h1,3-13,16,31H,14-15H2. The van der Waals surface area contributed by atoms with Crippen molar-refractivity contribution in [2.24, 2.45) is 0 Å². The molecule has 0 unspecified atom stereocenters. The molecule has 31 heavy (non-hydrogen) atoms. The van der Waals surface area contributed by atoms with Crippen LogP contribution in [-0.2, 0) is 13.0 Å². The summed E-state index contributed by atoms with van der Waals surface area (Å²) < 4.78 is 3.79. The van der Waals surface area contributed by atoms with Crippen LogP contribution in [0.15, 0.2) is 72.9 Å². The van der Waals surface area contributed by atoms with Crippen LogP contribution in [0.3, 0.4) is 0 Å². The largest absolute Gasteiger partial charge is 0.494 e. The van der Waals surface area contributed by atoms with E-state index in [1.54, 1.807) is 22.8 Å². The summed E-state index contributed by atoms with van der Waals surface area (Å²) >= 11 is 13.0. The maximum atomic E-state index is 11.4. The lowest BCUT2D eigenvalue weighted by molar-refractivity contribution is 0.440. The molecule has 0 spiro atoms. The normalized spacial score (nSPS) is 11.3. The highest BCUT2D eigenvalue weighted by atomic mass is 35.5. The second-order valence-corrected chi connectivity index (χ2v) is 8.22. The Bertz CT molecular complexity index is 1470. The molecule has 0 saturated heterocycles. The van der Waals surface area contributed by atoms with E-state index in [2.05, 4.69) is 28.8 Å². The Kier molecular flexibility index (Phi) is 4.90. The van der Waals surface area contributed by atoms with E-state index in [-0.39, 0.29) is 5.88 Å². The molecule has 3 nitrogen and oxygen atoms in total. The molecule has 2 heterocycles. The number of para-hydroxylation sites is 3. The zero-order valence-electron chi connectivity index (χ0n) is 16.5. The van der Waals surface area contributed by atoms with Crippen LogP contribution in [0.5, 0.6) is 5.88 Å². The molecule has 3 aromatic carbocycles. The van der Waals surface area contributed by atoms with Crippen LogP contribution in [0, 0.1) is 12.3 Å². The summed E-state index contributed by atoms with van der Waals surface area (Å²) in [6, 6.07) is 21.3. The van der Waals surface area contributed by atoms with E-state index in [9.17, 15) is 5.11 Å². The number of aromatic nitrogens is 2. The molecule has 5 aromatic rings. The Morgan fingerprint density at radius 2 is 1.48 bits per heavy atom. The van der Waals surface area contributed by atoms with Crippen molar-refractivity contribution in [1.82, 2.24) is 9.13 Å². The van der Waals surface area contributed by atoms with Gasteiger partial charge in [-0.15, -0.1) is 6.42 Å². The van der Waals surface area contributed by atoms with Crippen LogP contribution in [0.4, 0.5) is 0 Å². The first-order valence-electron chi connectivity index (χ1n) is 9.86. The lowest BCUT2D eigenvalue weighted by Crippen LogP contribution is -1.96. The van der Waals surface area contributed by atoms with Gasteiger partial charge in [-0.25, -0.2) is 0 Å². The molecular formula is C26H18Cl2N2O. The first kappa shape index (κ1) is 19.6. The van der Waals surface area contributed by atoms with Gasteiger partial charge in [-0.2, -0.15) is 0 Å². The lowest BCUT2D eigenvalue weighted by atomic mass is 10.0. The predicted molar refractivity (Wildman–Crippen MR) is 129 cm³/mol. The average Bonchev–Trinajstić information content (AvgIpc) is 3.25. The first-order valence-corrected chi connectivity index (χ1v) is 10.6. The number of nitrogens with zero attached hydrogens (tertiary/aromatic N) is 2. The molecule has 1 N–H and O–H groups in total. The fourth-order valence-corrected chi connectivity index (χ4v) is 4.85. The van der Waals surface area contributed by atoms with Gasteiger partial charge in [0.1, 0.15) is 0 Å². The van der Waals surface area contributed by atoms with Crippen molar-refractivity contribution < 1.29 is 5.11 Å². The van der Waals surface area contributed by atoms with Gasteiger partial charge in [-0.1, -0.05) is 71.6 Å². The van der Waals surface area contributed by atoms with E-state index in [0.717, 1.165) is 32.9 Å². The third kappa shape index (κ3) is 3.16. The van der Waals surface area contributed by atoms with E-state index in [4.69, 9.17) is 29.6 Å². The number of hydrogen-bond donors (Lipinski definition) is 1. The van der Waals surface area contributed by atoms with Gasteiger partial charge >= 0.3 is 0 Å². The quantitative estimate of drug-likeness (QED) is 0.302. The van der Waals surface area contributed by atoms with Crippen molar-refractivity contribution in [3.8, 4) is 23.9 Å². The van der Waals surface area contributed by atoms with Crippen molar-refractivity contribution in [1.29, 1.82) is 0 Å². The van der Waals surface area contributed by atoms with Gasteiger partial charge in [-0.3, -0.25) is 4.57 Å². The molecule has 0 atom stereocenters. The highest BCUT2D eigenvalue weighted by Crippen LogP contribution is 2.40. The van der Waals surface area contributed by atoms with Crippen LogP contribution in [0.25, 0.3) is 27.5 Å². The van der Waals surface area contributed by atoms with Crippen molar-refractivity contribution in [3.05, 3.63) is 94.1 Å². The van der Waals surface area contributed by atoms with Crippen LogP contribution >= 0.6 is 23.2 Å².